The fourth-order valence-corrected chi connectivity index (χ4v) is 4.19. The summed E-state index contributed by atoms with van der Waals surface area (Å²) in [6, 6.07) is 5.76. The summed E-state index contributed by atoms with van der Waals surface area (Å²) in [7, 11) is 0. The zero-order chi connectivity index (χ0) is 21.1. The fraction of sp³-hybridized carbons (Fsp3) is 0.318. The first kappa shape index (κ1) is 20.2. The second kappa shape index (κ2) is 8.71. The highest BCUT2D eigenvalue weighted by Crippen LogP contribution is 2.32. The van der Waals surface area contributed by atoms with E-state index in [2.05, 4.69) is 25.3 Å². The third-order valence-corrected chi connectivity index (χ3v) is 5.82. The summed E-state index contributed by atoms with van der Waals surface area (Å²) in [4.78, 5) is 32.6. The van der Waals surface area contributed by atoms with Gasteiger partial charge in [-0.05, 0) is 51.3 Å². The molecule has 1 fully saturated rings. The van der Waals surface area contributed by atoms with Crippen LogP contribution in [0.1, 0.15) is 46.7 Å². The van der Waals surface area contributed by atoms with Crippen molar-refractivity contribution in [2.24, 2.45) is 0 Å². The molecule has 0 aliphatic carbocycles. The van der Waals surface area contributed by atoms with Gasteiger partial charge >= 0.3 is 0 Å². The first-order valence-corrected chi connectivity index (χ1v) is 10.8. The van der Waals surface area contributed by atoms with E-state index in [9.17, 15) is 4.79 Å². The normalized spacial score (nSPS) is 16.4. The van der Waals surface area contributed by atoms with Gasteiger partial charge in [-0.15, -0.1) is 11.3 Å². The van der Waals surface area contributed by atoms with Crippen molar-refractivity contribution in [2.45, 2.75) is 39.7 Å². The molecule has 8 heteroatoms. The standard InChI is InChI=1S/C22H24N6OS/c1-14-6-4-10-23-22(14)27-20-12-18(24-15(2)25-20)19-7-5-11-28(19)21(29)9-8-17-13-30-16(3)26-17/h4,6,8-10,12-13,19H,5,7,11H2,1-3H3,(H,23,24,25,27)/b9-8+/t19-/m0/s1. The van der Waals surface area contributed by atoms with Gasteiger partial charge in [0.1, 0.15) is 17.5 Å². The van der Waals surface area contributed by atoms with Crippen LogP contribution >= 0.6 is 11.3 Å². The van der Waals surface area contributed by atoms with Gasteiger partial charge in [-0.1, -0.05) is 6.07 Å². The molecule has 1 atom stereocenters. The highest BCUT2D eigenvalue weighted by molar-refractivity contribution is 7.09. The van der Waals surface area contributed by atoms with Gasteiger partial charge in [0.25, 0.3) is 0 Å². The molecule has 4 rings (SSSR count). The maximum absolute atomic E-state index is 12.9. The lowest BCUT2D eigenvalue weighted by Crippen LogP contribution is -2.29. The Hall–Kier alpha value is -3.13. The van der Waals surface area contributed by atoms with Gasteiger partial charge < -0.3 is 10.2 Å². The summed E-state index contributed by atoms with van der Waals surface area (Å²) in [6.45, 7) is 6.54. The summed E-state index contributed by atoms with van der Waals surface area (Å²) in [5, 5.41) is 6.22. The van der Waals surface area contributed by atoms with Crippen molar-refractivity contribution in [1.82, 2.24) is 24.8 Å². The third-order valence-electron chi connectivity index (χ3n) is 5.02. The predicted octanol–water partition coefficient (Wildman–Crippen LogP) is 4.37. The van der Waals surface area contributed by atoms with E-state index in [-0.39, 0.29) is 11.9 Å². The quantitative estimate of drug-likeness (QED) is 0.617. The number of pyridine rings is 1. The van der Waals surface area contributed by atoms with E-state index in [1.165, 1.54) is 0 Å². The first-order chi connectivity index (χ1) is 14.5. The molecule has 30 heavy (non-hydrogen) atoms. The molecule has 1 saturated heterocycles. The van der Waals surface area contributed by atoms with E-state index in [4.69, 9.17) is 0 Å². The number of nitrogens with one attached hydrogen (secondary N) is 1. The minimum atomic E-state index is -0.0635. The summed E-state index contributed by atoms with van der Waals surface area (Å²) in [5.41, 5.74) is 2.70. The van der Waals surface area contributed by atoms with Gasteiger partial charge in [-0.2, -0.15) is 0 Å². The Balaban J connectivity index is 1.55. The molecule has 0 unspecified atom stereocenters. The van der Waals surface area contributed by atoms with Crippen LogP contribution in [0.2, 0.25) is 0 Å². The summed E-state index contributed by atoms with van der Waals surface area (Å²) < 4.78 is 0. The maximum Gasteiger partial charge on any atom is 0.247 e. The van der Waals surface area contributed by atoms with Gasteiger partial charge in [0.2, 0.25) is 5.91 Å². The van der Waals surface area contributed by atoms with E-state index in [0.29, 0.717) is 11.6 Å². The topological polar surface area (TPSA) is 83.9 Å². The fourth-order valence-electron chi connectivity index (χ4n) is 3.61. The van der Waals surface area contributed by atoms with Gasteiger partial charge in [0.15, 0.2) is 0 Å². The number of hydrogen-bond donors (Lipinski definition) is 1. The Morgan fingerprint density at radius 1 is 1.27 bits per heavy atom. The number of hydrogen-bond acceptors (Lipinski definition) is 7. The monoisotopic (exact) mass is 420 g/mol. The average molecular weight is 421 g/mol. The Labute approximate surface area is 179 Å². The van der Waals surface area contributed by atoms with Crippen LogP contribution in [0.3, 0.4) is 0 Å². The third kappa shape index (κ3) is 4.54. The number of thiazole rings is 1. The molecule has 3 aromatic rings. The van der Waals surface area contributed by atoms with Crippen molar-refractivity contribution in [3.63, 3.8) is 0 Å². The number of carbonyl (C=O) groups is 1. The van der Waals surface area contributed by atoms with Crippen LogP contribution in [0.5, 0.6) is 0 Å². The molecule has 0 saturated carbocycles. The summed E-state index contributed by atoms with van der Waals surface area (Å²) >= 11 is 1.57. The molecule has 1 aliphatic heterocycles. The zero-order valence-corrected chi connectivity index (χ0v) is 18.1. The number of aryl methyl sites for hydroxylation is 3. The van der Waals surface area contributed by atoms with Crippen LogP contribution in [0, 0.1) is 20.8 Å². The molecule has 0 radical (unpaired) electrons. The summed E-state index contributed by atoms with van der Waals surface area (Å²) in [5.74, 6) is 2.10. The van der Waals surface area contributed by atoms with Crippen LogP contribution in [0.25, 0.3) is 6.08 Å². The van der Waals surface area contributed by atoms with Crippen LogP contribution in [0.4, 0.5) is 11.6 Å². The van der Waals surface area contributed by atoms with Gasteiger partial charge in [-0.25, -0.2) is 19.9 Å². The second-order valence-corrected chi connectivity index (χ2v) is 8.40. The Morgan fingerprint density at radius 3 is 2.90 bits per heavy atom. The molecule has 4 heterocycles. The molecular formula is C22H24N6OS. The molecule has 1 amide bonds. The van der Waals surface area contributed by atoms with Crippen molar-refractivity contribution in [3.05, 3.63) is 63.6 Å². The molecule has 1 aliphatic rings. The molecule has 154 valence electrons. The number of aromatic nitrogens is 4. The number of anilines is 2. The number of rotatable bonds is 5. The van der Waals surface area contributed by atoms with Crippen LogP contribution < -0.4 is 5.32 Å². The second-order valence-electron chi connectivity index (χ2n) is 7.33. The molecular weight excluding hydrogens is 396 g/mol. The molecule has 1 N–H and O–H groups in total. The van der Waals surface area contributed by atoms with Crippen molar-refractivity contribution in [3.8, 4) is 0 Å². The Morgan fingerprint density at radius 2 is 2.13 bits per heavy atom. The number of nitrogens with zero attached hydrogens (tertiary/aromatic N) is 5. The van der Waals surface area contributed by atoms with Gasteiger partial charge in [0, 0.05) is 30.3 Å². The van der Waals surface area contributed by atoms with E-state index in [1.807, 2.05) is 49.3 Å². The van der Waals surface area contributed by atoms with Crippen molar-refractivity contribution < 1.29 is 4.79 Å². The lowest BCUT2D eigenvalue weighted by atomic mass is 10.1. The van der Waals surface area contributed by atoms with Crippen LogP contribution in [0.15, 0.2) is 35.9 Å². The lowest BCUT2D eigenvalue weighted by molar-refractivity contribution is -0.126. The van der Waals surface area contributed by atoms with Gasteiger partial charge in [-0.3, -0.25) is 4.79 Å². The molecule has 3 aromatic heterocycles. The van der Waals surface area contributed by atoms with E-state index in [0.717, 1.165) is 47.2 Å². The van der Waals surface area contributed by atoms with Crippen LogP contribution in [-0.2, 0) is 4.79 Å². The minimum absolute atomic E-state index is 0.0190. The minimum Gasteiger partial charge on any atom is -0.331 e. The van der Waals surface area contributed by atoms with Crippen molar-refractivity contribution >= 4 is 35.0 Å². The highest BCUT2D eigenvalue weighted by atomic mass is 32.1. The van der Waals surface area contributed by atoms with E-state index < -0.39 is 0 Å². The molecule has 0 aromatic carbocycles. The smallest absolute Gasteiger partial charge is 0.247 e. The highest BCUT2D eigenvalue weighted by Gasteiger charge is 2.30. The summed E-state index contributed by atoms with van der Waals surface area (Å²) in [6.07, 6.45) is 6.97. The number of carbonyl (C=O) groups excluding carboxylic acids is 1. The average Bonchev–Trinajstić information content (AvgIpc) is 3.36. The molecule has 0 spiro atoms. The van der Waals surface area contributed by atoms with Crippen molar-refractivity contribution in [2.75, 3.05) is 11.9 Å². The molecule has 0 bridgehead atoms. The Kier molecular flexibility index (Phi) is 5.85. The lowest BCUT2D eigenvalue weighted by Gasteiger charge is -2.23. The van der Waals surface area contributed by atoms with Crippen LogP contribution in [-0.4, -0.2) is 37.3 Å². The van der Waals surface area contributed by atoms with Crippen molar-refractivity contribution in [1.29, 1.82) is 0 Å². The van der Waals surface area contributed by atoms with E-state index in [1.54, 1.807) is 29.7 Å². The first-order valence-electron chi connectivity index (χ1n) is 9.94. The number of likely N-dealkylation sites (tertiary alicyclic amines) is 1. The Bertz CT molecular complexity index is 1090. The SMILES string of the molecule is Cc1nc(Nc2ncccc2C)cc([C@@H]2CCCN2C(=O)/C=C/c2csc(C)n2)n1. The number of amides is 1. The molecule has 7 nitrogen and oxygen atoms in total. The zero-order valence-electron chi connectivity index (χ0n) is 17.3. The van der Waals surface area contributed by atoms with E-state index >= 15 is 0 Å². The maximum atomic E-state index is 12.9. The predicted molar refractivity (Wildman–Crippen MR) is 119 cm³/mol. The van der Waals surface area contributed by atoms with Gasteiger partial charge in [0.05, 0.1) is 22.4 Å². The largest absolute Gasteiger partial charge is 0.331 e.